The average molecular weight is 240 g/mol. The van der Waals surface area contributed by atoms with E-state index in [4.69, 9.17) is 17.0 Å². The first-order valence-electron chi connectivity index (χ1n) is 4.28. The van der Waals surface area contributed by atoms with E-state index in [9.17, 15) is 0 Å². The second-order valence-corrected chi connectivity index (χ2v) is 4.09. The summed E-state index contributed by atoms with van der Waals surface area (Å²) in [4.78, 5) is 0. The quantitative estimate of drug-likeness (QED) is 0.499. The number of hydrazone groups is 1. The minimum absolute atomic E-state index is 0.640. The average Bonchev–Trinajstić information content (AvgIpc) is 2.29. The molecule has 5 heteroatoms. The molecule has 0 aliphatic heterocycles. The minimum atomic E-state index is 0.640. The zero-order valence-electron chi connectivity index (χ0n) is 8.56. The Hall–Kier alpha value is -1.07. The van der Waals surface area contributed by atoms with Gasteiger partial charge >= 0.3 is 0 Å². The molecule has 1 rings (SSSR count). The van der Waals surface area contributed by atoms with E-state index in [0.717, 1.165) is 11.3 Å². The number of rotatable bonds is 3. The van der Waals surface area contributed by atoms with Gasteiger partial charge in [0.2, 0.25) is 0 Å². The number of thioether (sulfide) groups is 1. The van der Waals surface area contributed by atoms with E-state index in [1.54, 1.807) is 13.3 Å². The van der Waals surface area contributed by atoms with Crippen LogP contribution in [0.1, 0.15) is 5.56 Å². The zero-order chi connectivity index (χ0) is 11.1. The molecule has 0 aromatic heterocycles. The third-order valence-corrected chi connectivity index (χ3v) is 2.74. The predicted molar refractivity (Wildman–Crippen MR) is 69.8 cm³/mol. The Kier molecular flexibility index (Phi) is 5.14. The molecule has 0 atom stereocenters. The van der Waals surface area contributed by atoms with E-state index in [1.807, 2.05) is 30.5 Å². The Morgan fingerprint density at radius 3 is 2.93 bits per heavy atom. The van der Waals surface area contributed by atoms with E-state index in [2.05, 4.69) is 10.5 Å². The number of hydrogen-bond donors (Lipinski definition) is 1. The van der Waals surface area contributed by atoms with E-state index >= 15 is 0 Å². The van der Waals surface area contributed by atoms with Gasteiger partial charge in [-0.05, 0) is 18.4 Å². The van der Waals surface area contributed by atoms with Crippen molar-refractivity contribution < 1.29 is 4.74 Å². The molecule has 0 spiro atoms. The first kappa shape index (κ1) is 12.0. The SMILES string of the molecule is COc1ccccc1/C=N\NC(=S)SC. The number of para-hydroxylation sites is 1. The van der Waals surface area contributed by atoms with Crippen molar-refractivity contribution in [1.82, 2.24) is 5.43 Å². The van der Waals surface area contributed by atoms with Crippen LogP contribution in [0.5, 0.6) is 5.75 Å². The highest BCUT2D eigenvalue weighted by molar-refractivity contribution is 8.22. The van der Waals surface area contributed by atoms with Gasteiger partial charge in [0, 0.05) is 5.56 Å². The summed E-state index contributed by atoms with van der Waals surface area (Å²) >= 11 is 6.38. The summed E-state index contributed by atoms with van der Waals surface area (Å²) in [6.45, 7) is 0. The van der Waals surface area contributed by atoms with Crippen molar-refractivity contribution in [3.05, 3.63) is 29.8 Å². The minimum Gasteiger partial charge on any atom is -0.496 e. The molecule has 0 fully saturated rings. The number of hydrogen-bond acceptors (Lipinski definition) is 4. The fraction of sp³-hybridized carbons (Fsp3) is 0.200. The maximum atomic E-state index is 5.17. The van der Waals surface area contributed by atoms with Gasteiger partial charge in [-0.2, -0.15) is 5.10 Å². The van der Waals surface area contributed by atoms with Crippen molar-refractivity contribution >= 4 is 34.5 Å². The van der Waals surface area contributed by atoms with E-state index in [0.29, 0.717) is 4.32 Å². The summed E-state index contributed by atoms with van der Waals surface area (Å²) in [5.74, 6) is 0.790. The van der Waals surface area contributed by atoms with Crippen LogP contribution in [0.15, 0.2) is 29.4 Å². The second-order valence-electron chi connectivity index (χ2n) is 2.60. The molecule has 0 bridgehead atoms. The van der Waals surface area contributed by atoms with Crippen molar-refractivity contribution in [1.29, 1.82) is 0 Å². The predicted octanol–water partition coefficient (Wildman–Crippen LogP) is 2.27. The van der Waals surface area contributed by atoms with Gasteiger partial charge in [-0.3, -0.25) is 5.43 Å². The molecule has 0 aliphatic carbocycles. The molecule has 0 saturated heterocycles. The first-order valence-corrected chi connectivity index (χ1v) is 5.91. The first-order chi connectivity index (χ1) is 7.27. The van der Waals surface area contributed by atoms with Gasteiger partial charge in [0.15, 0.2) is 4.32 Å². The summed E-state index contributed by atoms with van der Waals surface area (Å²) in [6, 6.07) is 7.65. The monoisotopic (exact) mass is 240 g/mol. The van der Waals surface area contributed by atoms with Gasteiger partial charge in [0.25, 0.3) is 0 Å². The van der Waals surface area contributed by atoms with Crippen molar-refractivity contribution in [2.45, 2.75) is 0 Å². The van der Waals surface area contributed by atoms with Gasteiger partial charge in [-0.15, -0.1) is 0 Å². The smallest absolute Gasteiger partial charge is 0.153 e. The van der Waals surface area contributed by atoms with Crippen molar-refractivity contribution in [2.24, 2.45) is 5.10 Å². The number of benzene rings is 1. The third-order valence-electron chi connectivity index (χ3n) is 1.68. The number of nitrogens with zero attached hydrogens (tertiary/aromatic N) is 1. The van der Waals surface area contributed by atoms with Crippen molar-refractivity contribution in [3.8, 4) is 5.75 Å². The maximum Gasteiger partial charge on any atom is 0.153 e. The van der Waals surface area contributed by atoms with Gasteiger partial charge in [-0.1, -0.05) is 36.1 Å². The van der Waals surface area contributed by atoms with Gasteiger partial charge in [0.1, 0.15) is 5.75 Å². The highest BCUT2D eigenvalue weighted by atomic mass is 32.2. The Bertz CT molecular complexity index is 366. The summed E-state index contributed by atoms with van der Waals surface area (Å²) in [5, 5.41) is 4.00. The molecule has 0 saturated carbocycles. The van der Waals surface area contributed by atoms with Crippen LogP contribution in [0.25, 0.3) is 0 Å². The Labute approximate surface area is 98.9 Å². The van der Waals surface area contributed by atoms with Gasteiger partial charge in [-0.25, -0.2) is 0 Å². The lowest BCUT2D eigenvalue weighted by Crippen LogP contribution is -2.10. The largest absolute Gasteiger partial charge is 0.496 e. The summed E-state index contributed by atoms with van der Waals surface area (Å²) in [7, 11) is 1.63. The number of nitrogens with one attached hydrogen (secondary N) is 1. The fourth-order valence-electron chi connectivity index (χ4n) is 0.973. The van der Waals surface area contributed by atoms with Gasteiger partial charge < -0.3 is 4.74 Å². The van der Waals surface area contributed by atoms with Crippen LogP contribution in [0, 0.1) is 0 Å². The number of methoxy groups -OCH3 is 1. The molecule has 0 unspecified atom stereocenters. The lowest BCUT2D eigenvalue weighted by molar-refractivity contribution is 0.414. The lowest BCUT2D eigenvalue weighted by atomic mass is 10.2. The Morgan fingerprint density at radius 1 is 1.53 bits per heavy atom. The maximum absolute atomic E-state index is 5.17. The highest BCUT2D eigenvalue weighted by Gasteiger charge is 1.97. The molecule has 80 valence electrons. The van der Waals surface area contributed by atoms with Crippen LogP contribution in [-0.2, 0) is 0 Å². The molecule has 15 heavy (non-hydrogen) atoms. The van der Waals surface area contributed by atoms with Crippen LogP contribution in [-0.4, -0.2) is 23.9 Å². The normalized spacial score (nSPS) is 10.3. The van der Waals surface area contributed by atoms with E-state index in [1.165, 1.54) is 11.8 Å². The Balaban J connectivity index is 2.67. The second kappa shape index (κ2) is 6.42. The third kappa shape index (κ3) is 3.89. The van der Waals surface area contributed by atoms with Crippen molar-refractivity contribution in [2.75, 3.05) is 13.4 Å². The van der Waals surface area contributed by atoms with Crippen LogP contribution < -0.4 is 10.2 Å². The molecule has 0 amide bonds. The standard InChI is InChI=1S/C10H12N2OS2/c1-13-9-6-4-3-5-8(9)7-11-12-10(14)15-2/h3-7H,1-2H3,(H,12,14)/b11-7-. The summed E-state index contributed by atoms with van der Waals surface area (Å²) < 4.78 is 5.81. The van der Waals surface area contributed by atoms with Crippen LogP contribution in [0.4, 0.5) is 0 Å². The van der Waals surface area contributed by atoms with Crippen LogP contribution >= 0.6 is 24.0 Å². The zero-order valence-corrected chi connectivity index (χ0v) is 10.2. The molecule has 1 aromatic carbocycles. The molecule has 3 nitrogen and oxygen atoms in total. The Morgan fingerprint density at radius 2 is 2.27 bits per heavy atom. The summed E-state index contributed by atoms with van der Waals surface area (Å²) in [5.41, 5.74) is 3.65. The van der Waals surface area contributed by atoms with Crippen molar-refractivity contribution in [3.63, 3.8) is 0 Å². The number of thiocarbonyl (C=S) groups is 1. The lowest BCUT2D eigenvalue weighted by Gasteiger charge is -2.03. The molecular formula is C10H12N2OS2. The van der Waals surface area contributed by atoms with E-state index in [-0.39, 0.29) is 0 Å². The van der Waals surface area contributed by atoms with Crippen LogP contribution in [0.3, 0.4) is 0 Å². The van der Waals surface area contributed by atoms with E-state index < -0.39 is 0 Å². The molecule has 0 radical (unpaired) electrons. The molecular weight excluding hydrogens is 228 g/mol. The number of ether oxygens (including phenoxy) is 1. The topological polar surface area (TPSA) is 33.6 Å². The molecule has 1 aromatic rings. The molecule has 0 aliphatic rings. The summed E-state index contributed by atoms with van der Waals surface area (Å²) in [6.07, 6.45) is 3.58. The molecule has 1 N–H and O–H groups in total. The van der Waals surface area contributed by atoms with Crippen LogP contribution in [0.2, 0.25) is 0 Å². The fourth-order valence-corrected chi connectivity index (χ4v) is 1.17. The van der Waals surface area contributed by atoms with Gasteiger partial charge in [0.05, 0.1) is 13.3 Å². The molecule has 0 heterocycles. The highest BCUT2D eigenvalue weighted by Crippen LogP contribution is 2.14.